The normalized spacial score (nSPS) is 28.7. The molecule has 1 amide bonds. The van der Waals surface area contributed by atoms with E-state index >= 15 is 0 Å². The van der Waals surface area contributed by atoms with Gasteiger partial charge >= 0.3 is 0 Å². The summed E-state index contributed by atoms with van der Waals surface area (Å²) in [5.41, 5.74) is 0.349. The van der Waals surface area contributed by atoms with Crippen molar-refractivity contribution in [1.29, 1.82) is 0 Å². The molecular formula is C20H31N5O2. The number of piperidine rings is 2. The molecule has 27 heavy (non-hydrogen) atoms. The van der Waals surface area contributed by atoms with E-state index in [0.717, 1.165) is 70.1 Å². The highest BCUT2D eigenvalue weighted by molar-refractivity contribution is 5.82. The summed E-state index contributed by atoms with van der Waals surface area (Å²) < 4.78 is 5.37. The zero-order chi connectivity index (χ0) is 18.3. The fourth-order valence-electron chi connectivity index (χ4n) is 5.11. The van der Waals surface area contributed by atoms with Gasteiger partial charge in [0.25, 0.3) is 0 Å². The van der Waals surface area contributed by atoms with Gasteiger partial charge < -0.3 is 20.1 Å². The minimum atomic E-state index is 0.0259. The SMILES string of the molecule is O=C([C@@H]1CC2(CCNCC2)CN1)N1CCC(Cc2noc(C3CC3)n2)CC1. The lowest BCUT2D eigenvalue weighted by Crippen LogP contribution is -2.47. The minimum absolute atomic E-state index is 0.0259. The standard InChI is InChI=1S/C20H31N5O2/c26-19(16-12-20(13-22-16)5-7-21-8-6-20)25-9-3-14(4-10-25)11-17-23-18(27-24-17)15-1-2-15/h14-16,21-22H,1-13H2/t16-/m0/s1. The van der Waals surface area contributed by atoms with E-state index in [9.17, 15) is 4.79 Å². The second kappa shape index (κ2) is 7.17. The zero-order valence-corrected chi connectivity index (χ0v) is 16.1. The highest BCUT2D eigenvalue weighted by atomic mass is 16.5. The molecule has 1 saturated carbocycles. The lowest BCUT2D eigenvalue weighted by Gasteiger charge is -2.35. The maximum atomic E-state index is 13.0. The summed E-state index contributed by atoms with van der Waals surface area (Å²) in [7, 11) is 0. The Hall–Kier alpha value is -1.47. The van der Waals surface area contributed by atoms with Crippen LogP contribution in [0.2, 0.25) is 0 Å². The van der Waals surface area contributed by atoms with Gasteiger partial charge in [-0.05, 0) is 69.4 Å². The molecule has 4 fully saturated rings. The second-order valence-corrected chi connectivity index (χ2v) is 9.18. The van der Waals surface area contributed by atoms with Crippen LogP contribution in [-0.2, 0) is 11.2 Å². The molecule has 4 heterocycles. The quantitative estimate of drug-likeness (QED) is 0.831. The average Bonchev–Trinajstić information content (AvgIpc) is 3.32. The maximum Gasteiger partial charge on any atom is 0.239 e. The first-order valence-corrected chi connectivity index (χ1v) is 10.8. The first-order valence-electron chi connectivity index (χ1n) is 10.8. The third-order valence-corrected chi connectivity index (χ3v) is 7.13. The third kappa shape index (κ3) is 3.76. The number of rotatable bonds is 4. The first-order chi connectivity index (χ1) is 13.2. The minimum Gasteiger partial charge on any atom is -0.341 e. The summed E-state index contributed by atoms with van der Waals surface area (Å²) in [6, 6.07) is 0.0259. The van der Waals surface area contributed by atoms with Crippen molar-refractivity contribution < 1.29 is 9.32 Å². The molecule has 5 rings (SSSR count). The summed E-state index contributed by atoms with van der Waals surface area (Å²) in [4.78, 5) is 19.6. The topological polar surface area (TPSA) is 83.3 Å². The van der Waals surface area contributed by atoms with Gasteiger partial charge in [0.1, 0.15) is 0 Å². The zero-order valence-electron chi connectivity index (χ0n) is 16.1. The molecule has 1 aliphatic carbocycles. The van der Waals surface area contributed by atoms with Gasteiger partial charge in [0.05, 0.1) is 6.04 Å². The van der Waals surface area contributed by atoms with E-state index in [4.69, 9.17) is 4.52 Å². The van der Waals surface area contributed by atoms with Crippen molar-refractivity contribution in [3.63, 3.8) is 0 Å². The number of hydrogen-bond acceptors (Lipinski definition) is 6. The fourth-order valence-corrected chi connectivity index (χ4v) is 5.11. The van der Waals surface area contributed by atoms with Crippen LogP contribution in [0.1, 0.15) is 62.6 Å². The van der Waals surface area contributed by atoms with Gasteiger partial charge in [0.15, 0.2) is 5.82 Å². The van der Waals surface area contributed by atoms with Crippen molar-refractivity contribution >= 4 is 5.91 Å². The van der Waals surface area contributed by atoms with Gasteiger partial charge in [-0.25, -0.2) is 0 Å². The molecule has 3 saturated heterocycles. The van der Waals surface area contributed by atoms with E-state index in [1.807, 2.05) is 0 Å². The van der Waals surface area contributed by atoms with Crippen LogP contribution < -0.4 is 10.6 Å². The molecule has 0 unspecified atom stereocenters. The molecule has 1 aromatic rings. The highest BCUT2D eigenvalue weighted by Crippen LogP contribution is 2.39. The van der Waals surface area contributed by atoms with Crippen LogP contribution in [0.25, 0.3) is 0 Å². The van der Waals surface area contributed by atoms with Crippen LogP contribution in [0.4, 0.5) is 0 Å². The molecule has 148 valence electrons. The summed E-state index contributed by atoms with van der Waals surface area (Å²) in [5, 5.41) is 11.1. The molecule has 3 aliphatic heterocycles. The molecule has 7 nitrogen and oxygen atoms in total. The number of nitrogens with zero attached hydrogens (tertiary/aromatic N) is 3. The van der Waals surface area contributed by atoms with Crippen LogP contribution in [0, 0.1) is 11.3 Å². The number of likely N-dealkylation sites (tertiary alicyclic amines) is 1. The van der Waals surface area contributed by atoms with Gasteiger partial charge in [-0.1, -0.05) is 5.16 Å². The van der Waals surface area contributed by atoms with Crippen LogP contribution in [0.5, 0.6) is 0 Å². The maximum absolute atomic E-state index is 13.0. The number of aromatic nitrogens is 2. The predicted molar refractivity (Wildman–Crippen MR) is 100 cm³/mol. The van der Waals surface area contributed by atoms with Gasteiger partial charge in [0, 0.05) is 32.0 Å². The lowest BCUT2D eigenvalue weighted by atomic mass is 9.77. The summed E-state index contributed by atoms with van der Waals surface area (Å²) in [6.07, 6.45) is 8.75. The Balaban J connectivity index is 1.10. The van der Waals surface area contributed by atoms with Crippen molar-refractivity contribution in [2.75, 3.05) is 32.7 Å². The number of carbonyl (C=O) groups excluding carboxylic acids is 1. The number of amides is 1. The van der Waals surface area contributed by atoms with E-state index in [-0.39, 0.29) is 6.04 Å². The largest absolute Gasteiger partial charge is 0.341 e. The average molecular weight is 374 g/mol. The molecular weight excluding hydrogens is 342 g/mol. The molecule has 2 N–H and O–H groups in total. The van der Waals surface area contributed by atoms with Crippen molar-refractivity contribution in [2.24, 2.45) is 11.3 Å². The Labute approximate surface area is 160 Å². The van der Waals surface area contributed by atoms with Crippen LogP contribution >= 0.6 is 0 Å². The molecule has 1 atom stereocenters. The van der Waals surface area contributed by atoms with E-state index in [0.29, 0.717) is 23.2 Å². The summed E-state index contributed by atoms with van der Waals surface area (Å²) in [5.74, 6) is 3.09. The van der Waals surface area contributed by atoms with Gasteiger partial charge in [-0.15, -0.1) is 0 Å². The summed E-state index contributed by atoms with van der Waals surface area (Å²) >= 11 is 0. The number of nitrogens with one attached hydrogen (secondary N) is 2. The third-order valence-electron chi connectivity index (χ3n) is 7.13. The van der Waals surface area contributed by atoms with Crippen LogP contribution in [-0.4, -0.2) is 59.7 Å². The Kier molecular flexibility index (Phi) is 4.68. The van der Waals surface area contributed by atoms with Crippen LogP contribution in [0.15, 0.2) is 4.52 Å². The first kappa shape index (κ1) is 17.6. The molecule has 0 aromatic carbocycles. The summed E-state index contributed by atoms with van der Waals surface area (Å²) in [6.45, 7) is 4.91. The molecule has 0 radical (unpaired) electrons. The van der Waals surface area contributed by atoms with Crippen molar-refractivity contribution in [3.8, 4) is 0 Å². The van der Waals surface area contributed by atoms with E-state index in [2.05, 4.69) is 25.7 Å². The van der Waals surface area contributed by atoms with E-state index in [1.54, 1.807) is 0 Å². The second-order valence-electron chi connectivity index (χ2n) is 9.18. The molecule has 0 bridgehead atoms. The molecule has 4 aliphatic rings. The van der Waals surface area contributed by atoms with Gasteiger partial charge in [0.2, 0.25) is 11.8 Å². The number of carbonyl (C=O) groups is 1. The Morgan fingerprint density at radius 2 is 1.96 bits per heavy atom. The Morgan fingerprint density at radius 1 is 1.19 bits per heavy atom. The monoisotopic (exact) mass is 373 g/mol. The molecule has 1 spiro atoms. The Bertz CT molecular complexity index is 672. The van der Waals surface area contributed by atoms with Gasteiger partial charge in [-0.2, -0.15) is 4.98 Å². The van der Waals surface area contributed by atoms with E-state index < -0.39 is 0 Å². The van der Waals surface area contributed by atoms with Crippen molar-refractivity contribution in [2.45, 2.75) is 63.3 Å². The predicted octanol–water partition coefficient (Wildman–Crippen LogP) is 1.46. The highest BCUT2D eigenvalue weighted by Gasteiger charge is 2.43. The van der Waals surface area contributed by atoms with Crippen LogP contribution in [0.3, 0.4) is 0 Å². The molecule has 7 heteroatoms. The van der Waals surface area contributed by atoms with E-state index in [1.165, 1.54) is 25.7 Å². The Morgan fingerprint density at radius 3 is 2.70 bits per heavy atom. The smallest absolute Gasteiger partial charge is 0.239 e. The fraction of sp³-hybridized carbons (Fsp3) is 0.850. The molecule has 1 aromatic heterocycles. The van der Waals surface area contributed by atoms with Crippen molar-refractivity contribution in [1.82, 2.24) is 25.7 Å². The van der Waals surface area contributed by atoms with Crippen molar-refractivity contribution in [3.05, 3.63) is 11.7 Å². The lowest BCUT2D eigenvalue weighted by molar-refractivity contribution is -0.134. The number of hydrogen-bond donors (Lipinski definition) is 2. The van der Waals surface area contributed by atoms with Gasteiger partial charge in [-0.3, -0.25) is 4.79 Å².